The zero-order valence-electron chi connectivity index (χ0n) is 14.1. The number of ether oxygens (including phenoxy) is 1. The molecule has 0 radical (unpaired) electrons. The number of imide groups is 1. The van der Waals surface area contributed by atoms with E-state index in [-0.39, 0.29) is 24.5 Å². The SMILES string of the molecule is COCCN1C(=O)CN(C2CCN(c3nccc(C)n3)CC2)C1=O. The highest BCUT2D eigenvalue weighted by Crippen LogP contribution is 2.23. The number of nitrogens with zero attached hydrogens (tertiary/aromatic N) is 5. The first-order valence-electron chi connectivity index (χ1n) is 8.24. The number of rotatable bonds is 5. The summed E-state index contributed by atoms with van der Waals surface area (Å²) in [7, 11) is 1.56. The number of methoxy groups -OCH3 is 1. The third kappa shape index (κ3) is 3.33. The van der Waals surface area contributed by atoms with Gasteiger partial charge in [0.25, 0.3) is 0 Å². The maximum atomic E-state index is 12.5. The molecule has 1 aromatic heterocycles. The fraction of sp³-hybridized carbons (Fsp3) is 0.625. The monoisotopic (exact) mass is 333 g/mol. The summed E-state index contributed by atoms with van der Waals surface area (Å²) in [4.78, 5) is 38.4. The number of urea groups is 1. The summed E-state index contributed by atoms with van der Waals surface area (Å²) in [6.07, 6.45) is 3.39. The van der Waals surface area contributed by atoms with E-state index in [9.17, 15) is 9.59 Å². The molecule has 0 aromatic carbocycles. The van der Waals surface area contributed by atoms with Gasteiger partial charge >= 0.3 is 6.03 Å². The molecule has 2 aliphatic rings. The largest absolute Gasteiger partial charge is 0.383 e. The molecule has 8 nitrogen and oxygen atoms in total. The van der Waals surface area contributed by atoms with Crippen molar-refractivity contribution in [1.29, 1.82) is 0 Å². The number of anilines is 1. The molecular formula is C16H23N5O3. The topological polar surface area (TPSA) is 78.9 Å². The minimum Gasteiger partial charge on any atom is -0.383 e. The van der Waals surface area contributed by atoms with Gasteiger partial charge in [0.15, 0.2) is 0 Å². The molecule has 1 aromatic rings. The number of aromatic nitrogens is 2. The predicted octanol–water partition coefficient (Wildman–Crippen LogP) is 0.664. The average Bonchev–Trinajstić information content (AvgIpc) is 2.87. The third-order valence-electron chi connectivity index (χ3n) is 4.57. The van der Waals surface area contributed by atoms with E-state index >= 15 is 0 Å². The van der Waals surface area contributed by atoms with Gasteiger partial charge in [-0.2, -0.15) is 0 Å². The Morgan fingerprint density at radius 3 is 2.71 bits per heavy atom. The lowest BCUT2D eigenvalue weighted by atomic mass is 10.0. The summed E-state index contributed by atoms with van der Waals surface area (Å²) in [6.45, 7) is 4.37. The standard InChI is InChI=1S/C16H23N5O3/c1-12-3-6-17-15(18-12)19-7-4-13(5-8-19)21-11-14(22)20(16(21)23)9-10-24-2/h3,6,13H,4-5,7-11H2,1-2H3. The highest BCUT2D eigenvalue weighted by atomic mass is 16.5. The zero-order valence-corrected chi connectivity index (χ0v) is 14.1. The number of aryl methyl sites for hydroxylation is 1. The smallest absolute Gasteiger partial charge is 0.327 e. The quantitative estimate of drug-likeness (QED) is 0.737. The molecule has 8 heteroatoms. The molecule has 0 unspecified atom stereocenters. The number of carbonyl (C=O) groups is 2. The van der Waals surface area contributed by atoms with Crippen LogP contribution in [0.4, 0.5) is 10.7 Å². The van der Waals surface area contributed by atoms with Gasteiger partial charge in [-0.05, 0) is 25.8 Å². The molecule has 0 spiro atoms. The van der Waals surface area contributed by atoms with Crippen LogP contribution in [0, 0.1) is 6.92 Å². The minimum atomic E-state index is -0.192. The van der Waals surface area contributed by atoms with E-state index in [1.807, 2.05) is 13.0 Å². The molecular weight excluding hydrogens is 310 g/mol. The van der Waals surface area contributed by atoms with Crippen molar-refractivity contribution in [2.75, 3.05) is 44.8 Å². The van der Waals surface area contributed by atoms with E-state index in [0.29, 0.717) is 13.2 Å². The van der Waals surface area contributed by atoms with E-state index in [1.54, 1.807) is 18.2 Å². The number of carbonyl (C=O) groups excluding carboxylic acids is 2. The van der Waals surface area contributed by atoms with E-state index in [2.05, 4.69) is 14.9 Å². The zero-order chi connectivity index (χ0) is 17.1. The third-order valence-corrected chi connectivity index (χ3v) is 4.57. The van der Waals surface area contributed by atoms with Gasteiger partial charge in [0.2, 0.25) is 11.9 Å². The van der Waals surface area contributed by atoms with Gasteiger partial charge in [-0.15, -0.1) is 0 Å². The first-order chi connectivity index (χ1) is 11.6. The van der Waals surface area contributed by atoms with Crippen molar-refractivity contribution in [1.82, 2.24) is 19.8 Å². The van der Waals surface area contributed by atoms with E-state index < -0.39 is 0 Å². The molecule has 0 atom stereocenters. The van der Waals surface area contributed by atoms with Crippen molar-refractivity contribution in [3.05, 3.63) is 18.0 Å². The number of amides is 3. The van der Waals surface area contributed by atoms with Crippen LogP contribution in [0.3, 0.4) is 0 Å². The summed E-state index contributed by atoms with van der Waals surface area (Å²) >= 11 is 0. The lowest BCUT2D eigenvalue weighted by Gasteiger charge is -2.36. The van der Waals surface area contributed by atoms with Crippen molar-refractivity contribution in [3.63, 3.8) is 0 Å². The molecule has 0 N–H and O–H groups in total. The summed E-state index contributed by atoms with van der Waals surface area (Å²) in [5.74, 6) is 0.598. The van der Waals surface area contributed by atoms with Gasteiger partial charge in [0.05, 0.1) is 13.2 Å². The Balaban J connectivity index is 1.59. The van der Waals surface area contributed by atoms with Crippen LogP contribution in [0.2, 0.25) is 0 Å². The van der Waals surface area contributed by atoms with E-state index in [0.717, 1.165) is 37.6 Å². The van der Waals surface area contributed by atoms with Crippen molar-refractivity contribution in [2.45, 2.75) is 25.8 Å². The van der Waals surface area contributed by atoms with Crippen LogP contribution in [0.5, 0.6) is 0 Å². The van der Waals surface area contributed by atoms with Gasteiger partial charge in [0, 0.05) is 38.1 Å². The Morgan fingerprint density at radius 1 is 1.29 bits per heavy atom. The molecule has 130 valence electrons. The van der Waals surface area contributed by atoms with Crippen LogP contribution in [0.25, 0.3) is 0 Å². The average molecular weight is 333 g/mol. The fourth-order valence-corrected chi connectivity index (χ4v) is 3.21. The lowest BCUT2D eigenvalue weighted by Crippen LogP contribution is -2.47. The molecule has 3 amide bonds. The van der Waals surface area contributed by atoms with Crippen LogP contribution in [-0.2, 0) is 9.53 Å². The van der Waals surface area contributed by atoms with Crippen LogP contribution >= 0.6 is 0 Å². The molecule has 2 saturated heterocycles. The maximum Gasteiger partial charge on any atom is 0.327 e. The van der Waals surface area contributed by atoms with Gasteiger partial charge in [-0.25, -0.2) is 14.8 Å². The normalized spacial score (nSPS) is 19.5. The number of hydrogen-bond donors (Lipinski definition) is 0. The lowest BCUT2D eigenvalue weighted by molar-refractivity contribution is -0.125. The first-order valence-corrected chi connectivity index (χ1v) is 8.24. The van der Waals surface area contributed by atoms with Crippen molar-refractivity contribution < 1.29 is 14.3 Å². The molecule has 3 rings (SSSR count). The second-order valence-electron chi connectivity index (χ2n) is 6.16. The first kappa shape index (κ1) is 16.6. The van der Waals surface area contributed by atoms with Gasteiger partial charge in [0.1, 0.15) is 6.54 Å². The van der Waals surface area contributed by atoms with Gasteiger partial charge in [-0.1, -0.05) is 0 Å². The molecule has 2 fully saturated rings. The Bertz CT molecular complexity index is 615. The Morgan fingerprint density at radius 2 is 2.04 bits per heavy atom. The highest BCUT2D eigenvalue weighted by molar-refractivity contribution is 6.02. The maximum absolute atomic E-state index is 12.5. The van der Waals surface area contributed by atoms with E-state index in [4.69, 9.17) is 4.74 Å². The van der Waals surface area contributed by atoms with Crippen LogP contribution < -0.4 is 4.90 Å². The van der Waals surface area contributed by atoms with Crippen molar-refractivity contribution >= 4 is 17.9 Å². The van der Waals surface area contributed by atoms with Crippen molar-refractivity contribution in [3.8, 4) is 0 Å². The van der Waals surface area contributed by atoms with Gasteiger partial charge in [-0.3, -0.25) is 9.69 Å². The number of piperidine rings is 1. The Hall–Kier alpha value is -2.22. The van der Waals surface area contributed by atoms with Crippen LogP contribution in [0.15, 0.2) is 12.3 Å². The molecule has 0 aliphatic carbocycles. The molecule has 24 heavy (non-hydrogen) atoms. The van der Waals surface area contributed by atoms with Crippen LogP contribution in [-0.4, -0.2) is 77.6 Å². The molecule has 3 heterocycles. The summed E-state index contributed by atoms with van der Waals surface area (Å²) < 4.78 is 4.97. The molecule has 0 bridgehead atoms. The Labute approximate surface area is 141 Å². The van der Waals surface area contributed by atoms with Crippen LogP contribution in [0.1, 0.15) is 18.5 Å². The highest BCUT2D eigenvalue weighted by Gasteiger charge is 2.40. The van der Waals surface area contributed by atoms with Gasteiger partial charge < -0.3 is 14.5 Å². The summed E-state index contributed by atoms with van der Waals surface area (Å²) in [5, 5.41) is 0. The predicted molar refractivity (Wildman–Crippen MR) is 87.7 cm³/mol. The molecule has 0 saturated carbocycles. The molecule has 2 aliphatic heterocycles. The minimum absolute atomic E-state index is 0.0926. The fourth-order valence-electron chi connectivity index (χ4n) is 3.21. The Kier molecular flexibility index (Phi) is 4.94. The van der Waals surface area contributed by atoms with Crippen molar-refractivity contribution in [2.24, 2.45) is 0 Å². The second-order valence-corrected chi connectivity index (χ2v) is 6.16. The van der Waals surface area contributed by atoms with E-state index in [1.165, 1.54) is 4.90 Å². The summed E-state index contributed by atoms with van der Waals surface area (Å²) in [5.41, 5.74) is 0.941. The number of hydrogen-bond acceptors (Lipinski definition) is 6. The summed E-state index contributed by atoms with van der Waals surface area (Å²) in [6, 6.07) is 1.77. The second kappa shape index (κ2) is 7.12.